The van der Waals surface area contributed by atoms with Crippen molar-refractivity contribution >= 4 is 11.7 Å². The SMILES string of the molecule is Cc1noc(C)c1C(=O)N1CCC[C@@H]1c1ccnc(N(C)C)c1. The van der Waals surface area contributed by atoms with E-state index < -0.39 is 0 Å². The number of hydrogen-bond donors (Lipinski definition) is 0. The summed E-state index contributed by atoms with van der Waals surface area (Å²) in [6.45, 7) is 4.35. The summed E-state index contributed by atoms with van der Waals surface area (Å²) in [5.41, 5.74) is 2.38. The molecule has 1 aliphatic heterocycles. The van der Waals surface area contributed by atoms with E-state index >= 15 is 0 Å². The number of carbonyl (C=O) groups excluding carboxylic acids is 1. The van der Waals surface area contributed by atoms with E-state index in [-0.39, 0.29) is 11.9 Å². The number of anilines is 1. The van der Waals surface area contributed by atoms with Gasteiger partial charge in [0.15, 0.2) is 0 Å². The van der Waals surface area contributed by atoms with Crippen molar-refractivity contribution in [3.05, 3.63) is 40.9 Å². The van der Waals surface area contributed by atoms with E-state index in [4.69, 9.17) is 4.52 Å². The van der Waals surface area contributed by atoms with Gasteiger partial charge in [-0.1, -0.05) is 5.16 Å². The highest BCUT2D eigenvalue weighted by atomic mass is 16.5. The summed E-state index contributed by atoms with van der Waals surface area (Å²) in [7, 11) is 3.93. The molecular formula is C17H22N4O2. The van der Waals surface area contributed by atoms with Crippen molar-refractivity contribution in [3.63, 3.8) is 0 Å². The second-order valence-electron chi connectivity index (χ2n) is 6.20. The summed E-state index contributed by atoms with van der Waals surface area (Å²) in [6.07, 6.45) is 3.77. The molecule has 0 aromatic carbocycles. The second-order valence-corrected chi connectivity index (χ2v) is 6.20. The molecule has 3 heterocycles. The van der Waals surface area contributed by atoms with E-state index in [1.54, 1.807) is 6.92 Å². The predicted molar refractivity (Wildman–Crippen MR) is 87.6 cm³/mol. The molecule has 0 unspecified atom stereocenters. The van der Waals surface area contributed by atoms with Gasteiger partial charge in [0, 0.05) is 26.8 Å². The summed E-state index contributed by atoms with van der Waals surface area (Å²) in [5, 5.41) is 3.90. The molecule has 2 aromatic rings. The van der Waals surface area contributed by atoms with Gasteiger partial charge in [-0.2, -0.15) is 0 Å². The fourth-order valence-corrected chi connectivity index (χ4v) is 3.17. The smallest absolute Gasteiger partial charge is 0.259 e. The molecule has 1 aliphatic rings. The van der Waals surface area contributed by atoms with Crippen LogP contribution in [0.4, 0.5) is 5.82 Å². The first-order valence-corrected chi connectivity index (χ1v) is 7.86. The Morgan fingerprint density at radius 2 is 2.17 bits per heavy atom. The third kappa shape index (κ3) is 2.81. The number of nitrogens with zero attached hydrogens (tertiary/aromatic N) is 4. The lowest BCUT2D eigenvalue weighted by Gasteiger charge is -2.25. The zero-order valence-corrected chi connectivity index (χ0v) is 14.0. The Bertz CT molecular complexity index is 704. The van der Waals surface area contributed by atoms with Gasteiger partial charge in [-0.05, 0) is 44.4 Å². The first kappa shape index (κ1) is 15.5. The fraction of sp³-hybridized carbons (Fsp3) is 0.471. The van der Waals surface area contributed by atoms with Crippen molar-refractivity contribution in [1.82, 2.24) is 15.0 Å². The molecule has 23 heavy (non-hydrogen) atoms. The number of aromatic nitrogens is 2. The van der Waals surface area contributed by atoms with E-state index in [0.717, 1.165) is 30.8 Å². The lowest BCUT2D eigenvalue weighted by molar-refractivity contribution is 0.0733. The Morgan fingerprint density at radius 1 is 1.39 bits per heavy atom. The minimum Gasteiger partial charge on any atom is -0.363 e. The molecule has 6 nitrogen and oxygen atoms in total. The van der Waals surface area contributed by atoms with Crippen molar-refractivity contribution in [3.8, 4) is 0 Å². The van der Waals surface area contributed by atoms with Gasteiger partial charge < -0.3 is 14.3 Å². The van der Waals surface area contributed by atoms with Crippen LogP contribution in [-0.4, -0.2) is 41.6 Å². The highest BCUT2D eigenvalue weighted by Crippen LogP contribution is 2.34. The molecule has 0 N–H and O–H groups in total. The molecule has 1 amide bonds. The first-order chi connectivity index (χ1) is 11.0. The van der Waals surface area contributed by atoms with E-state index in [1.807, 2.05) is 43.1 Å². The van der Waals surface area contributed by atoms with E-state index in [1.165, 1.54) is 0 Å². The van der Waals surface area contributed by atoms with Crippen LogP contribution in [-0.2, 0) is 0 Å². The van der Waals surface area contributed by atoms with Crippen LogP contribution in [0.2, 0.25) is 0 Å². The van der Waals surface area contributed by atoms with Crippen LogP contribution in [0.3, 0.4) is 0 Å². The van der Waals surface area contributed by atoms with Crippen LogP contribution >= 0.6 is 0 Å². The van der Waals surface area contributed by atoms with Crippen LogP contribution in [0, 0.1) is 13.8 Å². The van der Waals surface area contributed by atoms with Crippen LogP contribution in [0.25, 0.3) is 0 Å². The summed E-state index contributed by atoms with van der Waals surface area (Å²) in [6, 6.07) is 4.14. The van der Waals surface area contributed by atoms with Gasteiger partial charge in [0.25, 0.3) is 5.91 Å². The average molecular weight is 314 g/mol. The van der Waals surface area contributed by atoms with Crippen molar-refractivity contribution < 1.29 is 9.32 Å². The van der Waals surface area contributed by atoms with Gasteiger partial charge in [0.2, 0.25) is 0 Å². The monoisotopic (exact) mass is 314 g/mol. The maximum atomic E-state index is 13.0. The molecule has 6 heteroatoms. The van der Waals surface area contributed by atoms with Crippen LogP contribution in [0.5, 0.6) is 0 Å². The van der Waals surface area contributed by atoms with Gasteiger partial charge in [0.05, 0.1) is 11.7 Å². The molecule has 2 aromatic heterocycles. The molecule has 0 radical (unpaired) electrons. The minimum absolute atomic E-state index is 0.00645. The number of likely N-dealkylation sites (tertiary alicyclic amines) is 1. The first-order valence-electron chi connectivity index (χ1n) is 7.86. The highest BCUT2D eigenvalue weighted by molar-refractivity contribution is 5.96. The fourth-order valence-electron chi connectivity index (χ4n) is 3.17. The molecule has 3 rings (SSSR count). The van der Waals surface area contributed by atoms with Crippen LogP contribution < -0.4 is 4.90 Å². The Balaban J connectivity index is 1.91. The summed E-state index contributed by atoms with van der Waals surface area (Å²) in [5.74, 6) is 1.49. The summed E-state index contributed by atoms with van der Waals surface area (Å²) in [4.78, 5) is 21.2. The number of rotatable bonds is 3. The average Bonchev–Trinajstić information content (AvgIpc) is 3.14. The zero-order valence-electron chi connectivity index (χ0n) is 14.0. The van der Waals surface area contributed by atoms with Crippen LogP contribution in [0.1, 0.15) is 46.3 Å². The molecular weight excluding hydrogens is 292 g/mol. The van der Waals surface area contributed by atoms with Crippen LogP contribution in [0.15, 0.2) is 22.9 Å². The third-order valence-corrected chi connectivity index (χ3v) is 4.37. The van der Waals surface area contributed by atoms with Gasteiger partial charge >= 0.3 is 0 Å². The molecule has 122 valence electrons. The molecule has 1 fully saturated rings. The van der Waals surface area contributed by atoms with Crippen molar-refractivity contribution in [2.24, 2.45) is 0 Å². The Hall–Kier alpha value is -2.37. The molecule has 0 bridgehead atoms. The number of aryl methyl sites for hydroxylation is 2. The Kier molecular flexibility index (Phi) is 4.07. The summed E-state index contributed by atoms with van der Waals surface area (Å²) >= 11 is 0. The maximum Gasteiger partial charge on any atom is 0.259 e. The second kappa shape index (κ2) is 6.02. The van der Waals surface area contributed by atoms with Gasteiger partial charge in [-0.25, -0.2) is 4.98 Å². The Labute approximate surface area is 136 Å². The highest BCUT2D eigenvalue weighted by Gasteiger charge is 2.33. The van der Waals surface area contributed by atoms with Gasteiger partial charge in [-0.15, -0.1) is 0 Å². The van der Waals surface area contributed by atoms with E-state index in [0.29, 0.717) is 17.0 Å². The quantitative estimate of drug-likeness (QED) is 0.871. The summed E-state index contributed by atoms with van der Waals surface area (Å²) < 4.78 is 5.15. The lowest BCUT2D eigenvalue weighted by Crippen LogP contribution is -2.31. The van der Waals surface area contributed by atoms with Crippen molar-refractivity contribution in [2.75, 3.05) is 25.5 Å². The normalized spacial score (nSPS) is 17.6. The Morgan fingerprint density at radius 3 is 2.83 bits per heavy atom. The number of carbonyl (C=O) groups is 1. The van der Waals surface area contributed by atoms with E-state index in [2.05, 4.69) is 16.2 Å². The zero-order chi connectivity index (χ0) is 16.6. The number of hydrogen-bond acceptors (Lipinski definition) is 5. The molecule has 0 spiro atoms. The number of amides is 1. The molecule has 1 atom stereocenters. The molecule has 0 saturated carbocycles. The topological polar surface area (TPSA) is 62.5 Å². The lowest BCUT2D eigenvalue weighted by atomic mass is 10.0. The predicted octanol–water partition coefficient (Wildman–Crippen LogP) is 2.73. The maximum absolute atomic E-state index is 13.0. The largest absolute Gasteiger partial charge is 0.363 e. The minimum atomic E-state index is 0.00645. The van der Waals surface area contributed by atoms with Crippen molar-refractivity contribution in [1.29, 1.82) is 0 Å². The van der Waals surface area contributed by atoms with Crippen molar-refractivity contribution in [2.45, 2.75) is 32.7 Å². The molecule has 1 saturated heterocycles. The van der Waals surface area contributed by atoms with Gasteiger partial charge in [-0.3, -0.25) is 4.79 Å². The number of pyridine rings is 1. The van der Waals surface area contributed by atoms with E-state index in [9.17, 15) is 4.79 Å². The third-order valence-electron chi connectivity index (χ3n) is 4.37. The molecule has 0 aliphatic carbocycles. The standard InChI is InChI=1S/C17H22N4O2/c1-11-16(12(2)23-19-11)17(22)21-9-5-6-14(21)13-7-8-18-15(10-13)20(3)4/h7-8,10,14H,5-6,9H2,1-4H3/t14-/m1/s1. The van der Waals surface area contributed by atoms with Gasteiger partial charge in [0.1, 0.15) is 17.1 Å².